The van der Waals surface area contributed by atoms with E-state index in [1.54, 1.807) is 48.5 Å². The molecule has 0 saturated carbocycles. The number of hydrogen-bond donors (Lipinski definition) is 4. The van der Waals surface area contributed by atoms with Crippen LogP contribution >= 0.6 is 24.0 Å². The largest absolute Gasteiger partial charge is 0.417 e. The highest BCUT2D eigenvalue weighted by molar-refractivity contribution is 6.31. The summed E-state index contributed by atoms with van der Waals surface area (Å²) in [4.78, 5) is 20.7. The predicted molar refractivity (Wildman–Crippen MR) is 130 cm³/mol. The van der Waals surface area contributed by atoms with Gasteiger partial charge in [-0.2, -0.15) is 13.2 Å². The van der Waals surface area contributed by atoms with E-state index in [0.29, 0.717) is 22.5 Å². The van der Waals surface area contributed by atoms with Gasteiger partial charge < -0.3 is 22.5 Å². The molecular weight excluding hydrogens is 492 g/mol. The Balaban J connectivity index is 0.00000408. The van der Waals surface area contributed by atoms with Crippen LogP contribution in [0.2, 0.25) is 5.02 Å². The molecule has 0 amide bonds. The standard InChI is InChI=1S/C22H18ClF3N6O.ClH/c23-18-9-8-16(11-17(18)22(24,25)26)32-21(29)31-14-6-4-12(5-7-14)19(33)13-2-1-3-15(10-13)30-20(27)28;/h1-11H,(H4,27,28,30)(H3,29,31,32);1H. The molecule has 7 nitrogen and oxygen atoms in total. The number of aliphatic imine (C=N–C) groups is 2. The highest BCUT2D eigenvalue weighted by Crippen LogP contribution is 2.36. The van der Waals surface area contributed by atoms with Gasteiger partial charge in [-0.3, -0.25) is 4.79 Å². The average molecular weight is 511 g/mol. The van der Waals surface area contributed by atoms with Gasteiger partial charge in [0.1, 0.15) is 0 Å². The monoisotopic (exact) mass is 510 g/mol. The Labute approximate surface area is 203 Å². The molecule has 0 unspecified atom stereocenters. The highest BCUT2D eigenvalue weighted by Gasteiger charge is 2.33. The van der Waals surface area contributed by atoms with Gasteiger partial charge in [0, 0.05) is 16.8 Å². The van der Waals surface area contributed by atoms with Gasteiger partial charge in [0.05, 0.1) is 22.0 Å². The number of ketones is 1. The minimum atomic E-state index is -4.61. The lowest BCUT2D eigenvalue weighted by atomic mass is 10.0. The van der Waals surface area contributed by atoms with Crippen molar-refractivity contribution < 1.29 is 18.0 Å². The molecule has 34 heavy (non-hydrogen) atoms. The van der Waals surface area contributed by atoms with Crippen molar-refractivity contribution in [3.63, 3.8) is 0 Å². The molecule has 3 aromatic carbocycles. The number of nitrogens with one attached hydrogen (secondary N) is 1. The fourth-order valence-corrected chi connectivity index (χ4v) is 3.08. The third-order valence-corrected chi connectivity index (χ3v) is 4.62. The van der Waals surface area contributed by atoms with Gasteiger partial charge >= 0.3 is 6.18 Å². The van der Waals surface area contributed by atoms with E-state index >= 15 is 0 Å². The summed E-state index contributed by atoms with van der Waals surface area (Å²) in [5, 5.41) is 2.16. The maximum Gasteiger partial charge on any atom is 0.417 e. The zero-order valence-electron chi connectivity index (χ0n) is 17.3. The number of nitrogens with two attached hydrogens (primary N) is 3. The second kappa shape index (κ2) is 10.9. The Bertz CT molecular complexity index is 1240. The van der Waals surface area contributed by atoms with Crippen molar-refractivity contribution in [2.24, 2.45) is 27.2 Å². The minimum Gasteiger partial charge on any atom is -0.370 e. The maximum absolute atomic E-state index is 13.0. The van der Waals surface area contributed by atoms with E-state index in [0.717, 1.165) is 12.1 Å². The first-order valence-electron chi connectivity index (χ1n) is 9.35. The second-order valence-corrected chi connectivity index (χ2v) is 7.18. The fraction of sp³-hybridized carbons (Fsp3) is 0.0455. The zero-order chi connectivity index (χ0) is 24.2. The summed E-state index contributed by atoms with van der Waals surface area (Å²) < 4.78 is 39.0. The van der Waals surface area contributed by atoms with Crippen LogP contribution in [-0.4, -0.2) is 17.7 Å². The summed E-state index contributed by atoms with van der Waals surface area (Å²) >= 11 is 5.61. The van der Waals surface area contributed by atoms with Crippen LogP contribution in [0.4, 0.5) is 30.2 Å². The van der Waals surface area contributed by atoms with E-state index in [9.17, 15) is 18.0 Å². The van der Waals surface area contributed by atoms with Crippen molar-refractivity contribution in [1.82, 2.24) is 0 Å². The number of hydrogen-bond acceptors (Lipinski definition) is 3. The number of benzene rings is 3. The average Bonchev–Trinajstić information content (AvgIpc) is 2.74. The molecule has 3 aromatic rings. The summed E-state index contributed by atoms with van der Waals surface area (Å²) in [5.41, 5.74) is 17.2. The van der Waals surface area contributed by atoms with Crippen LogP contribution in [0.5, 0.6) is 0 Å². The van der Waals surface area contributed by atoms with Gasteiger partial charge in [-0.05, 0) is 54.6 Å². The first kappa shape index (κ1) is 26.5. The Hall–Kier alpha value is -3.76. The van der Waals surface area contributed by atoms with Crippen molar-refractivity contribution in [1.29, 1.82) is 0 Å². The van der Waals surface area contributed by atoms with Crippen molar-refractivity contribution in [2.75, 3.05) is 5.32 Å². The van der Waals surface area contributed by atoms with Crippen LogP contribution in [0, 0.1) is 0 Å². The lowest BCUT2D eigenvalue weighted by Crippen LogP contribution is -2.22. The summed E-state index contributed by atoms with van der Waals surface area (Å²) in [5.74, 6) is -0.527. The number of carbonyl (C=O) groups excluding carboxylic acids is 1. The molecule has 178 valence electrons. The van der Waals surface area contributed by atoms with Gasteiger partial charge in [-0.25, -0.2) is 9.98 Å². The van der Waals surface area contributed by atoms with Gasteiger partial charge in [0.25, 0.3) is 0 Å². The van der Waals surface area contributed by atoms with E-state index in [4.69, 9.17) is 28.8 Å². The quantitative estimate of drug-likeness (QED) is 0.218. The molecule has 0 bridgehead atoms. The lowest BCUT2D eigenvalue weighted by molar-refractivity contribution is -0.137. The minimum absolute atomic E-state index is 0. The Kier molecular flexibility index (Phi) is 8.50. The SMILES string of the molecule is Cl.NC(N)=Nc1cccc(C(=O)c2ccc(N=C(N)Nc3ccc(Cl)c(C(F)(F)F)c3)cc2)c1. The van der Waals surface area contributed by atoms with E-state index in [1.807, 2.05) is 0 Å². The number of carbonyl (C=O) groups is 1. The molecule has 0 aromatic heterocycles. The molecule has 0 fully saturated rings. The lowest BCUT2D eigenvalue weighted by Gasteiger charge is -2.12. The van der Waals surface area contributed by atoms with Crippen molar-refractivity contribution in [2.45, 2.75) is 6.18 Å². The molecule has 7 N–H and O–H groups in total. The molecule has 0 atom stereocenters. The van der Waals surface area contributed by atoms with Gasteiger partial charge in [-0.1, -0.05) is 23.7 Å². The van der Waals surface area contributed by atoms with Crippen LogP contribution in [0.3, 0.4) is 0 Å². The Morgan fingerprint density at radius 2 is 1.53 bits per heavy atom. The number of rotatable bonds is 5. The topological polar surface area (TPSA) is 132 Å². The third-order valence-electron chi connectivity index (χ3n) is 4.29. The third kappa shape index (κ3) is 6.87. The molecule has 12 heteroatoms. The van der Waals surface area contributed by atoms with Crippen molar-refractivity contribution in [3.05, 3.63) is 88.4 Å². The first-order chi connectivity index (χ1) is 15.5. The molecule has 0 saturated heterocycles. The van der Waals surface area contributed by atoms with E-state index in [2.05, 4.69) is 15.3 Å². The van der Waals surface area contributed by atoms with Crippen LogP contribution in [-0.2, 0) is 6.18 Å². The number of alkyl halides is 3. The smallest absolute Gasteiger partial charge is 0.370 e. The molecule has 0 aliphatic carbocycles. The maximum atomic E-state index is 13.0. The number of halogens is 5. The summed E-state index contributed by atoms with van der Waals surface area (Å²) in [7, 11) is 0. The van der Waals surface area contributed by atoms with Crippen molar-refractivity contribution >= 4 is 58.8 Å². The molecule has 0 aliphatic heterocycles. The number of nitrogens with zero attached hydrogens (tertiary/aromatic N) is 2. The Morgan fingerprint density at radius 3 is 2.15 bits per heavy atom. The highest BCUT2D eigenvalue weighted by atomic mass is 35.5. The summed E-state index contributed by atoms with van der Waals surface area (Å²) in [6.07, 6.45) is -4.61. The zero-order valence-corrected chi connectivity index (χ0v) is 18.9. The van der Waals surface area contributed by atoms with Gasteiger partial charge in [-0.15, -0.1) is 12.4 Å². The molecule has 0 spiro atoms. The van der Waals surface area contributed by atoms with Crippen LogP contribution in [0.1, 0.15) is 21.5 Å². The van der Waals surface area contributed by atoms with Crippen LogP contribution in [0.15, 0.2) is 76.7 Å². The van der Waals surface area contributed by atoms with Gasteiger partial charge in [0.2, 0.25) is 0 Å². The summed E-state index contributed by atoms with van der Waals surface area (Å²) in [6.45, 7) is 0. The molecule has 3 rings (SSSR count). The predicted octanol–water partition coefficient (Wildman–Crippen LogP) is 4.97. The van der Waals surface area contributed by atoms with E-state index < -0.39 is 16.8 Å². The number of anilines is 1. The van der Waals surface area contributed by atoms with Crippen LogP contribution < -0.4 is 22.5 Å². The Morgan fingerprint density at radius 1 is 0.853 bits per heavy atom. The number of guanidine groups is 2. The first-order valence-corrected chi connectivity index (χ1v) is 9.73. The second-order valence-electron chi connectivity index (χ2n) is 6.78. The normalized spacial score (nSPS) is 11.4. The summed E-state index contributed by atoms with van der Waals surface area (Å²) in [6, 6.07) is 16.0. The fourth-order valence-electron chi connectivity index (χ4n) is 2.85. The van der Waals surface area contributed by atoms with E-state index in [-0.39, 0.29) is 35.8 Å². The van der Waals surface area contributed by atoms with Gasteiger partial charge in [0.15, 0.2) is 17.7 Å². The van der Waals surface area contributed by atoms with Crippen molar-refractivity contribution in [3.8, 4) is 0 Å². The van der Waals surface area contributed by atoms with Crippen LogP contribution in [0.25, 0.3) is 0 Å². The van der Waals surface area contributed by atoms with E-state index in [1.165, 1.54) is 6.07 Å². The molecule has 0 radical (unpaired) electrons. The molecule has 0 heterocycles. The molecule has 0 aliphatic rings. The molecular formula is C22H19Cl2F3N6O.